The van der Waals surface area contributed by atoms with Crippen LogP contribution in [-0.2, 0) is 23.5 Å². The van der Waals surface area contributed by atoms with Crippen LogP contribution in [0.1, 0.15) is 36.5 Å². The molecule has 1 N–H and O–H groups in total. The van der Waals surface area contributed by atoms with Crippen molar-refractivity contribution in [3.8, 4) is 5.75 Å². The molecule has 1 aliphatic rings. The van der Waals surface area contributed by atoms with Gasteiger partial charge in [0.25, 0.3) is 0 Å². The highest BCUT2D eigenvalue weighted by Gasteiger charge is 2.35. The summed E-state index contributed by atoms with van der Waals surface area (Å²) in [7, 11) is 1.67. The van der Waals surface area contributed by atoms with E-state index >= 15 is 0 Å². The van der Waals surface area contributed by atoms with E-state index in [9.17, 15) is 9.50 Å². The number of halogens is 1. The Balaban J connectivity index is 1.64. The average molecular weight is 373 g/mol. The number of rotatable bonds is 7. The summed E-state index contributed by atoms with van der Waals surface area (Å²) in [5.74, 6) is 0.504. The fourth-order valence-electron chi connectivity index (χ4n) is 3.70. The molecule has 0 amide bonds. The third-order valence-corrected chi connectivity index (χ3v) is 5.27. The van der Waals surface area contributed by atoms with Crippen molar-refractivity contribution < 1.29 is 19.0 Å². The van der Waals surface area contributed by atoms with Gasteiger partial charge >= 0.3 is 0 Å². The van der Waals surface area contributed by atoms with Gasteiger partial charge in [-0.2, -0.15) is 0 Å². The number of ether oxygens (including phenoxy) is 2. The Bertz CT molecular complexity index is 757. The highest BCUT2D eigenvalue weighted by atomic mass is 19.1. The summed E-state index contributed by atoms with van der Waals surface area (Å²) in [5, 5.41) is 10.9. The maximum Gasteiger partial charge on any atom is 0.129 e. The molecule has 0 aliphatic carbocycles. The second kappa shape index (κ2) is 8.83. The Morgan fingerprint density at radius 3 is 2.56 bits per heavy atom. The first-order chi connectivity index (χ1) is 13.1. The lowest BCUT2D eigenvalue weighted by molar-refractivity contribution is -0.0302. The average Bonchev–Trinajstić information content (AvgIpc) is 2.68. The molecule has 146 valence electrons. The molecule has 1 heterocycles. The number of benzene rings is 2. The van der Waals surface area contributed by atoms with Crippen LogP contribution in [0.2, 0.25) is 0 Å². The molecule has 0 radical (unpaired) electrons. The maximum atomic E-state index is 14.1. The van der Waals surface area contributed by atoms with Gasteiger partial charge in [0.1, 0.15) is 11.6 Å². The van der Waals surface area contributed by atoms with Gasteiger partial charge in [-0.1, -0.05) is 24.3 Å². The molecule has 0 aromatic heterocycles. The molecule has 0 bridgehead atoms. The quantitative estimate of drug-likeness (QED) is 0.800. The zero-order valence-electron chi connectivity index (χ0n) is 16.1. The molecule has 4 nitrogen and oxygen atoms in total. The molecule has 1 aliphatic heterocycles. The molecule has 2 aromatic rings. The Hall–Kier alpha value is -1.95. The lowest BCUT2D eigenvalue weighted by atomic mass is 9.84. The number of hydrogen-bond acceptors (Lipinski definition) is 4. The molecule has 5 heteroatoms. The van der Waals surface area contributed by atoms with E-state index in [0.29, 0.717) is 31.6 Å². The molecular formula is C22H28FNO3. The van der Waals surface area contributed by atoms with Crippen molar-refractivity contribution in [1.29, 1.82) is 0 Å². The summed E-state index contributed by atoms with van der Waals surface area (Å²) in [6.45, 7) is 5.39. The van der Waals surface area contributed by atoms with Gasteiger partial charge in [0.15, 0.2) is 0 Å². The molecule has 2 aromatic carbocycles. The van der Waals surface area contributed by atoms with Gasteiger partial charge < -0.3 is 14.6 Å². The van der Waals surface area contributed by atoms with Crippen molar-refractivity contribution >= 4 is 0 Å². The summed E-state index contributed by atoms with van der Waals surface area (Å²) in [4.78, 5) is 2.29. The van der Waals surface area contributed by atoms with Gasteiger partial charge in [0.2, 0.25) is 0 Å². The molecule has 0 spiro atoms. The van der Waals surface area contributed by atoms with E-state index in [2.05, 4.69) is 17.0 Å². The first-order valence-corrected chi connectivity index (χ1v) is 9.49. The van der Waals surface area contributed by atoms with Gasteiger partial charge in [0, 0.05) is 37.4 Å². The highest BCUT2D eigenvalue weighted by molar-refractivity contribution is 5.37. The number of piperidine rings is 1. The maximum absolute atomic E-state index is 14.1. The minimum atomic E-state index is -1.08. The van der Waals surface area contributed by atoms with Crippen LogP contribution in [0.3, 0.4) is 0 Å². The predicted molar refractivity (Wildman–Crippen MR) is 103 cm³/mol. The summed E-state index contributed by atoms with van der Waals surface area (Å²) in [6, 6.07) is 12.7. The normalized spacial score (nSPS) is 17.0. The van der Waals surface area contributed by atoms with E-state index in [1.54, 1.807) is 25.3 Å². The van der Waals surface area contributed by atoms with Gasteiger partial charge in [-0.3, -0.25) is 4.90 Å². The zero-order chi connectivity index (χ0) is 19.3. The van der Waals surface area contributed by atoms with Gasteiger partial charge in [0.05, 0.1) is 19.3 Å². The third kappa shape index (κ3) is 4.67. The highest BCUT2D eigenvalue weighted by Crippen LogP contribution is 2.34. The van der Waals surface area contributed by atoms with Crippen LogP contribution in [0.25, 0.3) is 0 Å². The molecule has 0 atom stereocenters. The van der Waals surface area contributed by atoms with Crippen LogP contribution in [-0.4, -0.2) is 36.8 Å². The molecule has 3 rings (SSSR count). The SMILES string of the molecule is CCOCc1cc(CN2CCC(O)(c3ccccc3F)CC2)ccc1OC. The van der Waals surface area contributed by atoms with Crippen LogP contribution in [0.15, 0.2) is 42.5 Å². The van der Waals surface area contributed by atoms with Gasteiger partial charge in [-0.25, -0.2) is 4.39 Å². The Kier molecular flexibility index (Phi) is 6.47. The van der Waals surface area contributed by atoms with E-state index in [-0.39, 0.29) is 5.82 Å². The topological polar surface area (TPSA) is 41.9 Å². The zero-order valence-corrected chi connectivity index (χ0v) is 16.1. The van der Waals surface area contributed by atoms with Crippen molar-refractivity contribution in [1.82, 2.24) is 4.90 Å². The molecule has 1 fully saturated rings. The monoisotopic (exact) mass is 373 g/mol. The van der Waals surface area contributed by atoms with Crippen LogP contribution in [0, 0.1) is 5.82 Å². The number of methoxy groups -OCH3 is 1. The Labute approximate surface area is 160 Å². The van der Waals surface area contributed by atoms with Gasteiger partial charge in [-0.05, 0) is 43.5 Å². The standard InChI is InChI=1S/C22H28FNO3/c1-3-27-16-18-14-17(8-9-21(18)26-2)15-24-12-10-22(25,11-13-24)19-6-4-5-7-20(19)23/h4-9,14,25H,3,10-13,15-16H2,1-2H3. The van der Waals surface area contributed by atoms with Crippen molar-refractivity contribution in [3.63, 3.8) is 0 Å². The minimum absolute atomic E-state index is 0.329. The smallest absolute Gasteiger partial charge is 0.129 e. The molecular weight excluding hydrogens is 345 g/mol. The minimum Gasteiger partial charge on any atom is -0.496 e. The molecule has 27 heavy (non-hydrogen) atoms. The van der Waals surface area contributed by atoms with Crippen molar-refractivity contribution in [2.45, 2.75) is 38.5 Å². The van der Waals surface area contributed by atoms with Crippen molar-refractivity contribution in [2.75, 3.05) is 26.8 Å². The number of likely N-dealkylation sites (tertiary alicyclic amines) is 1. The molecule has 0 unspecified atom stereocenters. The van der Waals surface area contributed by atoms with Crippen LogP contribution < -0.4 is 4.74 Å². The van der Waals surface area contributed by atoms with E-state index in [4.69, 9.17) is 9.47 Å². The fourth-order valence-corrected chi connectivity index (χ4v) is 3.70. The lowest BCUT2D eigenvalue weighted by Crippen LogP contribution is -2.42. The Morgan fingerprint density at radius 1 is 1.15 bits per heavy atom. The van der Waals surface area contributed by atoms with E-state index in [1.807, 2.05) is 13.0 Å². The summed E-state index contributed by atoms with van der Waals surface area (Å²) in [5.41, 5.74) is 1.55. The van der Waals surface area contributed by atoms with Gasteiger partial charge in [-0.15, -0.1) is 0 Å². The van der Waals surface area contributed by atoms with Crippen molar-refractivity contribution in [2.24, 2.45) is 0 Å². The van der Waals surface area contributed by atoms with Crippen LogP contribution >= 0.6 is 0 Å². The predicted octanol–water partition coefficient (Wildman–Crippen LogP) is 3.85. The Morgan fingerprint density at radius 2 is 1.89 bits per heavy atom. The van der Waals surface area contributed by atoms with Crippen molar-refractivity contribution in [3.05, 3.63) is 65.0 Å². The number of hydrogen-bond donors (Lipinski definition) is 1. The lowest BCUT2D eigenvalue weighted by Gasteiger charge is -2.38. The van der Waals surface area contributed by atoms with E-state index < -0.39 is 5.60 Å². The fraction of sp³-hybridized carbons (Fsp3) is 0.455. The van der Waals surface area contributed by atoms with E-state index in [0.717, 1.165) is 30.9 Å². The summed E-state index contributed by atoms with van der Waals surface area (Å²) in [6.07, 6.45) is 1.05. The second-order valence-corrected chi connectivity index (χ2v) is 7.07. The first kappa shape index (κ1) is 19.8. The number of aliphatic hydroxyl groups is 1. The molecule has 0 saturated carbocycles. The largest absolute Gasteiger partial charge is 0.496 e. The molecule has 1 saturated heterocycles. The van der Waals surface area contributed by atoms with E-state index in [1.165, 1.54) is 11.6 Å². The number of nitrogens with zero attached hydrogens (tertiary/aromatic N) is 1. The van der Waals surface area contributed by atoms with Crippen LogP contribution in [0.4, 0.5) is 4.39 Å². The van der Waals surface area contributed by atoms with Crippen LogP contribution in [0.5, 0.6) is 5.75 Å². The third-order valence-electron chi connectivity index (χ3n) is 5.27. The first-order valence-electron chi connectivity index (χ1n) is 9.49. The summed E-state index contributed by atoms with van der Waals surface area (Å²) >= 11 is 0. The second-order valence-electron chi connectivity index (χ2n) is 7.07. The summed E-state index contributed by atoms with van der Waals surface area (Å²) < 4.78 is 25.0.